The number of amides is 1. The largest absolute Gasteiger partial charge is 0.508 e. The number of nitrogens with one attached hydrogen (secondary N) is 1. The molecule has 2 rings (SSSR count). The van der Waals surface area contributed by atoms with Crippen molar-refractivity contribution in [1.29, 1.82) is 0 Å². The van der Waals surface area contributed by atoms with Crippen LogP contribution in [0.2, 0.25) is 0 Å². The number of hydrogen-bond donors (Lipinski definition) is 3. The number of para-hydroxylation sites is 1. The Kier molecular flexibility index (Phi) is 4.93. The van der Waals surface area contributed by atoms with Gasteiger partial charge in [0.25, 0.3) is 5.91 Å². The molecule has 0 aliphatic rings. The van der Waals surface area contributed by atoms with E-state index < -0.39 is 5.91 Å². The normalized spacial score (nSPS) is 10.5. The number of aromatic hydroxyl groups is 2. The van der Waals surface area contributed by atoms with Gasteiger partial charge < -0.3 is 10.2 Å². The highest BCUT2D eigenvalue weighted by Crippen LogP contribution is 2.21. The van der Waals surface area contributed by atoms with E-state index in [0.29, 0.717) is 17.5 Å². The Labute approximate surface area is 128 Å². The molecule has 0 atom stereocenters. The van der Waals surface area contributed by atoms with Crippen LogP contribution in [-0.2, 0) is 6.42 Å². The average molecular weight is 296 g/mol. The standard InChI is InChI=1S/C17H16N2O3/c1-2-5-12-6-3-8-14(16(12)21)11-18-19-17(22)13-7-4-9-15(20)10-13/h2-4,6-11,20-21H,1,5H2,(H,19,22)/b18-11+. The lowest BCUT2D eigenvalue weighted by Gasteiger charge is -2.04. The van der Waals surface area contributed by atoms with Crippen LogP contribution in [0.3, 0.4) is 0 Å². The number of nitrogens with zero attached hydrogens (tertiary/aromatic N) is 1. The van der Waals surface area contributed by atoms with Gasteiger partial charge in [0.05, 0.1) is 6.21 Å². The van der Waals surface area contributed by atoms with Crippen molar-refractivity contribution < 1.29 is 15.0 Å². The number of hydrazone groups is 1. The molecule has 0 saturated carbocycles. The lowest BCUT2D eigenvalue weighted by atomic mass is 10.1. The summed E-state index contributed by atoms with van der Waals surface area (Å²) in [5.74, 6) is -0.335. The summed E-state index contributed by atoms with van der Waals surface area (Å²) in [7, 11) is 0. The molecule has 3 N–H and O–H groups in total. The minimum Gasteiger partial charge on any atom is -0.508 e. The van der Waals surface area contributed by atoms with Gasteiger partial charge in [-0.1, -0.05) is 24.3 Å². The summed E-state index contributed by atoms with van der Waals surface area (Å²) in [4.78, 5) is 11.8. The molecule has 0 saturated heterocycles. The van der Waals surface area contributed by atoms with E-state index in [1.807, 2.05) is 0 Å². The van der Waals surface area contributed by atoms with Gasteiger partial charge in [0.15, 0.2) is 0 Å². The lowest BCUT2D eigenvalue weighted by Crippen LogP contribution is -2.17. The Morgan fingerprint density at radius 3 is 2.73 bits per heavy atom. The summed E-state index contributed by atoms with van der Waals surface area (Å²) in [6.45, 7) is 3.63. The van der Waals surface area contributed by atoms with E-state index >= 15 is 0 Å². The van der Waals surface area contributed by atoms with E-state index in [0.717, 1.165) is 5.56 Å². The number of carbonyl (C=O) groups is 1. The predicted octanol–water partition coefficient (Wildman–Crippen LogP) is 2.59. The van der Waals surface area contributed by atoms with Crippen molar-refractivity contribution in [2.75, 3.05) is 0 Å². The van der Waals surface area contributed by atoms with Gasteiger partial charge in [-0.3, -0.25) is 4.79 Å². The number of phenolic OH excluding ortho intramolecular Hbond substituents is 2. The summed E-state index contributed by atoms with van der Waals surface area (Å²) in [5, 5.41) is 23.2. The third-order valence-corrected chi connectivity index (χ3v) is 2.99. The van der Waals surface area contributed by atoms with Crippen LogP contribution in [0.25, 0.3) is 0 Å². The lowest BCUT2D eigenvalue weighted by molar-refractivity contribution is 0.0954. The Balaban J connectivity index is 2.08. The third kappa shape index (κ3) is 3.73. The molecule has 0 aliphatic heterocycles. The highest BCUT2D eigenvalue weighted by atomic mass is 16.3. The molecule has 2 aromatic rings. The Bertz CT molecular complexity index is 724. The van der Waals surface area contributed by atoms with Crippen LogP contribution in [0.4, 0.5) is 0 Å². The molecule has 0 aliphatic carbocycles. The van der Waals surface area contributed by atoms with Gasteiger partial charge in [0, 0.05) is 11.1 Å². The number of carbonyl (C=O) groups excluding carboxylic acids is 1. The smallest absolute Gasteiger partial charge is 0.271 e. The zero-order valence-electron chi connectivity index (χ0n) is 11.9. The second kappa shape index (κ2) is 7.08. The van der Waals surface area contributed by atoms with Gasteiger partial charge >= 0.3 is 0 Å². The fourth-order valence-electron chi connectivity index (χ4n) is 1.91. The number of hydrogen-bond acceptors (Lipinski definition) is 4. The van der Waals surface area contributed by atoms with Crippen LogP contribution in [0.1, 0.15) is 21.5 Å². The van der Waals surface area contributed by atoms with Crippen LogP contribution < -0.4 is 5.43 Å². The van der Waals surface area contributed by atoms with Crippen LogP contribution in [0.15, 0.2) is 60.2 Å². The number of phenols is 2. The molecule has 5 heteroatoms. The van der Waals surface area contributed by atoms with Crippen molar-refractivity contribution in [2.45, 2.75) is 6.42 Å². The van der Waals surface area contributed by atoms with E-state index in [4.69, 9.17) is 0 Å². The molecule has 0 bridgehead atoms. The Hall–Kier alpha value is -3.08. The van der Waals surface area contributed by atoms with E-state index in [1.54, 1.807) is 36.4 Å². The maximum absolute atomic E-state index is 11.8. The monoisotopic (exact) mass is 296 g/mol. The zero-order chi connectivity index (χ0) is 15.9. The van der Waals surface area contributed by atoms with Crippen molar-refractivity contribution in [2.24, 2.45) is 5.10 Å². The Morgan fingerprint density at radius 2 is 2.00 bits per heavy atom. The van der Waals surface area contributed by atoms with Crippen molar-refractivity contribution in [3.05, 3.63) is 71.8 Å². The second-order valence-corrected chi connectivity index (χ2v) is 4.60. The predicted molar refractivity (Wildman–Crippen MR) is 85.2 cm³/mol. The number of rotatable bonds is 5. The average Bonchev–Trinajstić information content (AvgIpc) is 2.51. The molecule has 112 valence electrons. The Morgan fingerprint density at radius 1 is 1.23 bits per heavy atom. The van der Waals surface area contributed by atoms with Crippen LogP contribution >= 0.6 is 0 Å². The number of allylic oxidation sites excluding steroid dienone is 1. The molecular weight excluding hydrogens is 280 g/mol. The molecule has 1 amide bonds. The summed E-state index contributed by atoms with van der Waals surface area (Å²) in [6, 6.07) is 11.2. The van der Waals surface area contributed by atoms with Crippen molar-refractivity contribution >= 4 is 12.1 Å². The fourth-order valence-corrected chi connectivity index (χ4v) is 1.91. The molecule has 2 aromatic carbocycles. The highest BCUT2D eigenvalue weighted by molar-refractivity contribution is 5.95. The van der Waals surface area contributed by atoms with E-state index in [-0.39, 0.29) is 11.5 Å². The van der Waals surface area contributed by atoms with Crippen molar-refractivity contribution in [3.63, 3.8) is 0 Å². The van der Waals surface area contributed by atoms with E-state index in [2.05, 4.69) is 17.1 Å². The van der Waals surface area contributed by atoms with Crippen LogP contribution in [0, 0.1) is 0 Å². The van der Waals surface area contributed by atoms with Gasteiger partial charge in [0.1, 0.15) is 11.5 Å². The molecule has 22 heavy (non-hydrogen) atoms. The maximum atomic E-state index is 11.8. The SMILES string of the molecule is C=CCc1cccc(/C=N/NC(=O)c2cccc(O)c2)c1O. The molecule has 0 heterocycles. The van der Waals surface area contributed by atoms with Crippen LogP contribution in [0.5, 0.6) is 11.5 Å². The molecule has 0 fully saturated rings. The van der Waals surface area contributed by atoms with E-state index in [1.165, 1.54) is 18.3 Å². The van der Waals surface area contributed by atoms with Gasteiger partial charge in [-0.25, -0.2) is 5.43 Å². The fraction of sp³-hybridized carbons (Fsp3) is 0.0588. The maximum Gasteiger partial charge on any atom is 0.271 e. The molecule has 0 aromatic heterocycles. The van der Waals surface area contributed by atoms with Gasteiger partial charge in [-0.05, 0) is 36.2 Å². The van der Waals surface area contributed by atoms with Gasteiger partial charge in [-0.2, -0.15) is 5.10 Å². The first-order chi connectivity index (χ1) is 10.6. The van der Waals surface area contributed by atoms with Crippen LogP contribution in [-0.4, -0.2) is 22.3 Å². The first-order valence-electron chi connectivity index (χ1n) is 6.66. The van der Waals surface area contributed by atoms with Crippen molar-refractivity contribution in [3.8, 4) is 11.5 Å². The van der Waals surface area contributed by atoms with Crippen molar-refractivity contribution in [1.82, 2.24) is 5.43 Å². The highest BCUT2D eigenvalue weighted by Gasteiger charge is 2.06. The minimum absolute atomic E-state index is 0.00593. The molecule has 5 nitrogen and oxygen atoms in total. The molecule has 0 spiro atoms. The first kappa shape index (κ1) is 15.3. The molecule has 0 radical (unpaired) electrons. The molecule has 0 unspecified atom stereocenters. The second-order valence-electron chi connectivity index (χ2n) is 4.60. The first-order valence-corrected chi connectivity index (χ1v) is 6.66. The van der Waals surface area contributed by atoms with Gasteiger partial charge in [0.2, 0.25) is 0 Å². The quantitative estimate of drug-likeness (QED) is 0.450. The zero-order valence-corrected chi connectivity index (χ0v) is 11.9. The third-order valence-electron chi connectivity index (χ3n) is 2.99. The summed E-state index contributed by atoms with van der Waals surface area (Å²) >= 11 is 0. The summed E-state index contributed by atoms with van der Waals surface area (Å²) in [6.07, 6.45) is 3.60. The van der Waals surface area contributed by atoms with Gasteiger partial charge in [-0.15, -0.1) is 6.58 Å². The summed E-state index contributed by atoms with van der Waals surface area (Å²) in [5.41, 5.74) is 3.87. The molecular formula is C17H16N2O3. The van der Waals surface area contributed by atoms with E-state index in [9.17, 15) is 15.0 Å². The topological polar surface area (TPSA) is 81.9 Å². The minimum atomic E-state index is -0.450. The number of benzene rings is 2. The summed E-state index contributed by atoms with van der Waals surface area (Å²) < 4.78 is 0.